The smallest absolute Gasteiger partial charge is 0.231 e. The minimum absolute atomic E-state index is 0.0585. The first kappa shape index (κ1) is 22.1. The Balaban J connectivity index is 1.75. The van der Waals surface area contributed by atoms with Gasteiger partial charge >= 0.3 is 0 Å². The number of hydrogen-bond donors (Lipinski definition) is 1. The van der Waals surface area contributed by atoms with Crippen molar-refractivity contribution in [2.45, 2.75) is 0 Å². The second-order valence-electron chi connectivity index (χ2n) is 6.49. The summed E-state index contributed by atoms with van der Waals surface area (Å²) in [7, 11) is 3.14. The minimum Gasteiger partial charge on any atom is -0.493 e. The summed E-state index contributed by atoms with van der Waals surface area (Å²) in [6.45, 7) is 0.694. The number of methoxy groups -OCH3 is 2. The lowest BCUT2D eigenvalue weighted by Crippen LogP contribution is -2.02. The molecule has 166 valence electrons. The van der Waals surface area contributed by atoms with Gasteiger partial charge in [0.2, 0.25) is 6.79 Å². The summed E-state index contributed by atoms with van der Waals surface area (Å²) in [5, 5.41) is 4.35. The number of nitrogens with one attached hydrogen (secondary N) is 1. The maximum Gasteiger partial charge on any atom is 0.231 e. The number of benzene rings is 2. The van der Waals surface area contributed by atoms with E-state index in [1.807, 2.05) is 0 Å². The van der Waals surface area contributed by atoms with Crippen LogP contribution in [0.25, 0.3) is 10.9 Å². The summed E-state index contributed by atoms with van der Waals surface area (Å²) in [6.07, 6.45) is 1.44. The predicted molar refractivity (Wildman–Crippen MR) is 122 cm³/mol. The quantitative estimate of drug-likeness (QED) is 0.398. The lowest BCUT2D eigenvalue weighted by atomic mass is 10.1. The molecule has 2 aromatic carbocycles. The highest BCUT2D eigenvalue weighted by molar-refractivity contribution is 6.34. The fourth-order valence-electron chi connectivity index (χ4n) is 3.15. The highest BCUT2D eigenvalue weighted by Crippen LogP contribution is 2.47. The summed E-state index contributed by atoms with van der Waals surface area (Å²) in [4.78, 5) is 8.72. The van der Waals surface area contributed by atoms with E-state index in [1.165, 1.54) is 6.33 Å². The van der Waals surface area contributed by atoms with Gasteiger partial charge in [0.05, 0.1) is 29.1 Å². The summed E-state index contributed by atoms with van der Waals surface area (Å²) >= 11 is 12.3. The van der Waals surface area contributed by atoms with Gasteiger partial charge in [-0.2, -0.15) is 0 Å². The Morgan fingerprint density at radius 1 is 1.12 bits per heavy atom. The zero-order valence-electron chi connectivity index (χ0n) is 17.3. The van der Waals surface area contributed by atoms with Crippen molar-refractivity contribution in [2.24, 2.45) is 0 Å². The van der Waals surface area contributed by atoms with Gasteiger partial charge < -0.3 is 29.0 Å². The van der Waals surface area contributed by atoms with Crippen LogP contribution in [-0.4, -0.2) is 50.1 Å². The van der Waals surface area contributed by atoms with Gasteiger partial charge in [-0.3, -0.25) is 0 Å². The normalized spacial score (nSPS) is 11.8. The molecule has 10 heteroatoms. The number of fused-ring (bicyclic) bond motifs is 2. The van der Waals surface area contributed by atoms with Crippen LogP contribution in [0, 0.1) is 11.8 Å². The van der Waals surface area contributed by atoms with Crippen molar-refractivity contribution in [2.75, 3.05) is 45.4 Å². The summed E-state index contributed by atoms with van der Waals surface area (Å²) in [5.41, 5.74) is 1.78. The van der Waals surface area contributed by atoms with E-state index in [-0.39, 0.29) is 6.79 Å². The molecule has 32 heavy (non-hydrogen) atoms. The molecule has 1 N–H and O–H groups in total. The predicted octanol–water partition coefficient (Wildman–Crippen LogP) is 4.38. The number of nitrogens with zero attached hydrogens (tertiary/aromatic N) is 2. The second-order valence-corrected chi connectivity index (χ2v) is 7.27. The Labute approximate surface area is 194 Å². The Morgan fingerprint density at radius 3 is 2.75 bits per heavy atom. The van der Waals surface area contributed by atoms with Gasteiger partial charge in [0.25, 0.3) is 0 Å². The van der Waals surface area contributed by atoms with Crippen LogP contribution in [0.4, 0.5) is 11.5 Å². The van der Waals surface area contributed by atoms with Crippen LogP contribution in [0.2, 0.25) is 5.02 Å². The maximum absolute atomic E-state index is 6.57. The monoisotopic (exact) mass is 475 g/mol. The third-order valence-electron chi connectivity index (χ3n) is 4.53. The molecule has 0 unspecified atom stereocenters. The molecule has 0 radical (unpaired) electrons. The lowest BCUT2D eigenvalue weighted by molar-refractivity contribution is 0.174. The number of hydrogen-bond acceptors (Lipinski definition) is 8. The molecule has 1 aromatic heterocycles. The minimum atomic E-state index is 0.0585. The van der Waals surface area contributed by atoms with Gasteiger partial charge in [-0.15, -0.1) is 11.6 Å². The standard InChI is InChI=1S/C22H19Cl2N3O5/c1-28-6-3-4-13-8-15(24)19(21-20(13)31-12-32-21)27-22-14-9-17(29-2)18(30-7-5-23)10-16(14)25-11-26-22/h8-11H,5-7,12H2,1-2H3,(H,25,26,27). The van der Waals surface area contributed by atoms with E-state index in [0.717, 1.165) is 0 Å². The Kier molecular flexibility index (Phi) is 6.90. The first-order chi connectivity index (χ1) is 15.7. The molecule has 0 bridgehead atoms. The van der Waals surface area contributed by atoms with Gasteiger partial charge in [0.1, 0.15) is 31.0 Å². The Bertz CT molecular complexity index is 1210. The van der Waals surface area contributed by atoms with Crippen molar-refractivity contribution < 1.29 is 23.7 Å². The van der Waals surface area contributed by atoms with Crippen LogP contribution in [0.5, 0.6) is 23.0 Å². The van der Waals surface area contributed by atoms with Crippen molar-refractivity contribution in [3.63, 3.8) is 0 Å². The molecule has 0 saturated carbocycles. The Morgan fingerprint density at radius 2 is 1.97 bits per heavy atom. The van der Waals surface area contributed by atoms with E-state index in [4.69, 9.17) is 46.9 Å². The fourth-order valence-corrected chi connectivity index (χ4v) is 3.47. The summed E-state index contributed by atoms with van der Waals surface area (Å²) in [5.74, 6) is 8.78. The van der Waals surface area contributed by atoms with Crippen LogP contribution < -0.4 is 24.3 Å². The van der Waals surface area contributed by atoms with Crippen molar-refractivity contribution in [3.05, 3.63) is 35.1 Å². The van der Waals surface area contributed by atoms with Crippen molar-refractivity contribution in [1.82, 2.24) is 9.97 Å². The van der Waals surface area contributed by atoms with Gasteiger partial charge in [0, 0.05) is 18.6 Å². The Hall–Kier alpha value is -3.12. The molecule has 3 aromatic rings. The SMILES string of the molecule is COCC#Cc1cc(Cl)c(Nc2ncnc3cc(OCCCl)c(OC)cc23)c2c1OCO2. The van der Waals surface area contributed by atoms with Crippen molar-refractivity contribution >= 4 is 45.6 Å². The number of ether oxygens (including phenoxy) is 5. The van der Waals surface area contributed by atoms with Crippen LogP contribution >= 0.6 is 23.2 Å². The topological polar surface area (TPSA) is 84.0 Å². The molecule has 0 aliphatic carbocycles. The third-order valence-corrected chi connectivity index (χ3v) is 4.99. The van der Waals surface area contributed by atoms with E-state index in [0.29, 0.717) is 75.1 Å². The fraction of sp³-hybridized carbons (Fsp3) is 0.273. The average molecular weight is 476 g/mol. The van der Waals surface area contributed by atoms with Gasteiger partial charge in [-0.05, 0) is 12.1 Å². The van der Waals surface area contributed by atoms with Crippen molar-refractivity contribution in [3.8, 4) is 34.8 Å². The first-order valence-corrected chi connectivity index (χ1v) is 10.5. The highest BCUT2D eigenvalue weighted by Gasteiger charge is 2.25. The van der Waals surface area contributed by atoms with Crippen LogP contribution in [0.1, 0.15) is 5.56 Å². The van der Waals surface area contributed by atoms with Crippen LogP contribution in [0.15, 0.2) is 24.5 Å². The van der Waals surface area contributed by atoms with Crippen LogP contribution in [0.3, 0.4) is 0 Å². The zero-order chi connectivity index (χ0) is 22.5. The first-order valence-electron chi connectivity index (χ1n) is 9.54. The molecule has 2 heterocycles. The molecule has 0 spiro atoms. The highest BCUT2D eigenvalue weighted by atomic mass is 35.5. The zero-order valence-corrected chi connectivity index (χ0v) is 18.8. The second kappa shape index (κ2) is 10.0. The molecule has 1 aliphatic rings. The average Bonchev–Trinajstić information content (AvgIpc) is 3.29. The van der Waals surface area contributed by atoms with Gasteiger partial charge in [-0.25, -0.2) is 9.97 Å². The summed E-state index contributed by atoms with van der Waals surface area (Å²) in [6, 6.07) is 5.27. The van der Waals surface area contributed by atoms with Gasteiger partial charge in [-0.1, -0.05) is 23.4 Å². The molecule has 0 saturated heterocycles. The largest absolute Gasteiger partial charge is 0.493 e. The van der Waals surface area contributed by atoms with E-state index >= 15 is 0 Å². The van der Waals surface area contributed by atoms with E-state index in [1.54, 1.807) is 32.4 Å². The third kappa shape index (κ3) is 4.41. The molecule has 1 aliphatic heterocycles. The molecule has 0 amide bonds. The van der Waals surface area contributed by atoms with E-state index in [2.05, 4.69) is 27.1 Å². The number of anilines is 2. The molecular formula is C22H19Cl2N3O5. The van der Waals surface area contributed by atoms with E-state index < -0.39 is 0 Å². The summed E-state index contributed by atoms with van der Waals surface area (Å²) < 4.78 is 27.4. The molecular weight excluding hydrogens is 457 g/mol. The number of aromatic nitrogens is 2. The molecule has 4 rings (SSSR count). The van der Waals surface area contributed by atoms with Gasteiger partial charge in [0.15, 0.2) is 23.0 Å². The number of alkyl halides is 1. The maximum atomic E-state index is 6.57. The lowest BCUT2D eigenvalue weighted by Gasteiger charge is -2.15. The molecule has 0 fully saturated rings. The van der Waals surface area contributed by atoms with E-state index in [9.17, 15) is 0 Å². The number of halogens is 2. The molecule has 8 nitrogen and oxygen atoms in total. The molecule has 0 atom stereocenters. The van der Waals surface area contributed by atoms with Crippen LogP contribution in [-0.2, 0) is 4.74 Å². The number of rotatable bonds is 7. The van der Waals surface area contributed by atoms with Crippen molar-refractivity contribution in [1.29, 1.82) is 0 Å².